The highest BCUT2D eigenvalue weighted by atomic mass is 16.5. The Hall–Kier alpha value is -1.28. The second-order valence-electron chi connectivity index (χ2n) is 7.40. The molecule has 2 nitrogen and oxygen atoms in total. The van der Waals surface area contributed by atoms with Gasteiger partial charge >= 0.3 is 0 Å². The van der Waals surface area contributed by atoms with Gasteiger partial charge in [0.15, 0.2) is 0 Å². The number of aliphatic hydroxyl groups excluding tert-OH is 1. The second-order valence-corrected chi connectivity index (χ2v) is 7.40. The molecule has 1 aromatic carbocycles. The van der Waals surface area contributed by atoms with Crippen LogP contribution < -0.4 is 4.74 Å². The molecular formula is C19H26O2. The maximum atomic E-state index is 10.0. The number of hydrogen-bond acceptors (Lipinski definition) is 2. The molecule has 0 spiro atoms. The van der Waals surface area contributed by atoms with Crippen molar-refractivity contribution in [3.05, 3.63) is 35.4 Å². The van der Waals surface area contributed by atoms with Crippen LogP contribution >= 0.6 is 0 Å². The normalized spacial score (nSPS) is 29.7. The van der Waals surface area contributed by atoms with E-state index in [0.29, 0.717) is 5.92 Å². The van der Waals surface area contributed by atoms with E-state index >= 15 is 0 Å². The number of aliphatic hydroxyl groups is 1. The van der Waals surface area contributed by atoms with Crippen molar-refractivity contribution >= 4 is 5.57 Å². The summed E-state index contributed by atoms with van der Waals surface area (Å²) in [6.45, 7) is 10.8. The first-order valence-corrected chi connectivity index (χ1v) is 8.04. The fourth-order valence-electron chi connectivity index (χ4n) is 3.58. The van der Waals surface area contributed by atoms with E-state index in [-0.39, 0.29) is 17.1 Å². The number of allylic oxidation sites excluding steroid dienone is 1. The first-order valence-electron chi connectivity index (χ1n) is 8.04. The van der Waals surface area contributed by atoms with Crippen molar-refractivity contribution in [1.82, 2.24) is 0 Å². The highest BCUT2D eigenvalue weighted by Gasteiger charge is 2.53. The van der Waals surface area contributed by atoms with Crippen LogP contribution in [0.25, 0.3) is 5.57 Å². The largest absolute Gasteiger partial charge is 0.483 e. The van der Waals surface area contributed by atoms with Crippen molar-refractivity contribution in [2.45, 2.75) is 64.6 Å². The molecule has 0 aromatic heterocycles. The van der Waals surface area contributed by atoms with E-state index in [0.717, 1.165) is 18.6 Å². The van der Waals surface area contributed by atoms with Crippen LogP contribution in [0.15, 0.2) is 24.3 Å². The predicted molar refractivity (Wildman–Crippen MR) is 86.6 cm³/mol. The van der Waals surface area contributed by atoms with E-state index in [9.17, 15) is 5.11 Å². The third kappa shape index (κ3) is 2.30. The Morgan fingerprint density at radius 1 is 1.33 bits per heavy atom. The molecule has 0 radical (unpaired) electrons. The zero-order valence-corrected chi connectivity index (χ0v) is 13.7. The highest BCUT2D eigenvalue weighted by molar-refractivity contribution is 5.75. The summed E-state index contributed by atoms with van der Waals surface area (Å²) in [6.07, 6.45) is 3.89. The van der Waals surface area contributed by atoms with Crippen molar-refractivity contribution < 1.29 is 9.84 Å². The molecular weight excluding hydrogens is 260 g/mol. The molecule has 1 saturated carbocycles. The smallest absolute Gasteiger partial charge is 0.128 e. The molecule has 21 heavy (non-hydrogen) atoms. The summed E-state index contributed by atoms with van der Waals surface area (Å²) >= 11 is 0. The van der Waals surface area contributed by atoms with Crippen molar-refractivity contribution in [2.24, 2.45) is 5.92 Å². The summed E-state index contributed by atoms with van der Waals surface area (Å²) < 4.78 is 6.19. The quantitative estimate of drug-likeness (QED) is 0.897. The lowest BCUT2D eigenvalue weighted by atomic mass is 9.85. The lowest BCUT2D eigenvalue weighted by molar-refractivity contribution is 0.157. The Morgan fingerprint density at radius 3 is 2.52 bits per heavy atom. The zero-order chi connectivity index (χ0) is 15.4. The fourth-order valence-corrected chi connectivity index (χ4v) is 3.58. The molecule has 0 saturated heterocycles. The molecule has 1 heterocycles. The van der Waals surface area contributed by atoms with E-state index in [2.05, 4.69) is 58.9 Å². The van der Waals surface area contributed by atoms with Crippen LogP contribution in [-0.2, 0) is 5.41 Å². The average molecular weight is 286 g/mol. The van der Waals surface area contributed by atoms with Gasteiger partial charge in [0.25, 0.3) is 0 Å². The van der Waals surface area contributed by atoms with E-state index in [4.69, 9.17) is 4.74 Å². The van der Waals surface area contributed by atoms with Crippen molar-refractivity contribution in [1.29, 1.82) is 0 Å². The van der Waals surface area contributed by atoms with Gasteiger partial charge in [-0.3, -0.25) is 0 Å². The number of ether oxygens (including phenoxy) is 1. The molecule has 1 N–H and O–H groups in total. The van der Waals surface area contributed by atoms with Gasteiger partial charge in [-0.05, 0) is 55.9 Å². The third-order valence-electron chi connectivity index (χ3n) is 5.03. The summed E-state index contributed by atoms with van der Waals surface area (Å²) in [5.74, 6) is 1.44. The van der Waals surface area contributed by atoms with Crippen LogP contribution in [0.2, 0.25) is 0 Å². The highest BCUT2D eigenvalue weighted by Crippen LogP contribution is 2.53. The van der Waals surface area contributed by atoms with Crippen LogP contribution in [0, 0.1) is 5.92 Å². The Morgan fingerprint density at radius 2 is 2.00 bits per heavy atom. The third-order valence-corrected chi connectivity index (χ3v) is 5.03. The average Bonchev–Trinajstić information content (AvgIpc) is 3.08. The molecule has 0 amide bonds. The number of fused-ring (bicyclic) bond motifs is 1. The van der Waals surface area contributed by atoms with E-state index in [1.807, 2.05) is 0 Å². The predicted octanol–water partition coefficient (Wildman–Crippen LogP) is 4.31. The number of benzene rings is 1. The topological polar surface area (TPSA) is 29.5 Å². The van der Waals surface area contributed by atoms with Crippen molar-refractivity contribution in [3.63, 3.8) is 0 Å². The van der Waals surface area contributed by atoms with E-state index < -0.39 is 0 Å². The Bertz CT molecular complexity index is 594. The first kappa shape index (κ1) is 14.6. The van der Waals surface area contributed by atoms with Crippen LogP contribution in [0.3, 0.4) is 0 Å². The van der Waals surface area contributed by atoms with Crippen LogP contribution in [-0.4, -0.2) is 16.8 Å². The summed E-state index contributed by atoms with van der Waals surface area (Å²) in [5.41, 5.74) is 3.47. The Labute approximate surface area is 127 Å². The molecule has 1 aromatic rings. The second kappa shape index (κ2) is 4.61. The molecule has 1 unspecified atom stereocenters. The lowest BCUT2D eigenvalue weighted by Crippen LogP contribution is -2.30. The molecule has 0 bridgehead atoms. The Balaban J connectivity index is 2.06. The van der Waals surface area contributed by atoms with Crippen LogP contribution in [0.4, 0.5) is 0 Å². The molecule has 1 aliphatic carbocycles. The standard InChI is InChI=1S/C19H26O2/c1-6-19(11-17(19)20)13-7-8-14-15(12(2)3)10-18(4,5)21-16(14)9-13/h7-10,12,17,20H,6,11H2,1-5H3/t17?,19-/m1/s1. The molecule has 2 heteroatoms. The van der Waals surface area contributed by atoms with Gasteiger partial charge in [-0.2, -0.15) is 0 Å². The maximum absolute atomic E-state index is 10.0. The van der Waals surface area contributed by atoms with E-state index in [1.165, 1.54) is 16.7 Å². The summed E-state index contributed by atoms with van der Waals surface area (Å²) in [7, 11) is 0. The minimum Gasteiger partial charge on any atom is -0.483 e. The summed E-state index contributed by atoms with van der Waals surface area (Å²) in [6, 6.07) is 6.51. The van der Waals surface area contributed by atoms with E-state index in [1.54, 1.807) is 0 Å². The fraction of sp³-hybridized carbons (Fsp3) is 0.579. The van der Waals surface area contributed by atoms with Crippen LogP contribution in [0.1, 0.15) is 58.6 Å². The first-order chi connectivity index (χ1) is 9.79. The van der Waals surface area contributed by atoms with Crippen molar-refractivity contribution in [2.75, 3.05) is 0 Å². The Kier molecular flexibility index (Phi) is 3.21. The van der Waals surface area contributed by atoms with Gasteiger partial charge in [0.05, 0.1) is 6.10 Å². The molecule has 1 fully saturated rings. The lowest BCUT2D eigenvalue weighted by Gasteiger charge is -2.33. The minimum atomic E-state index is -0.271. The maximum Gasteiger partial charge on any atom is 0.128 e. The number of hydrogen-bond donors (Lipinski definition) is 1. The van der Waals surface area contributed by atoms with Gasteiger partial charge in [0.1, 0.15) is 11.4 Å². The van der Waals surface area contributed by atoms with Gasteiger partial charge in [-0.25, -0.2) is 0 Å². The molecule has 2 aliphatic rings. The molecule has 1 aliphatic heterocycles. The molecule has 3 rings (SSSR count). The van der Waals surface area contributed by atoms with Crippen molar-refractivity contribution in [3.8, 4) is 5.75 Å². The number of rotatable bonds is 3. The van der Waals surface area contributed by atoms with Gasteiger partial charge in [0, 0.05) is 11.0 Å². The van der Waals surface area contributed by atoms with Gasteiger partial charge in [-0.15, -0.1) is 0 Å². The summed E-state index contributed by atoms with van der Waals surface area (Å²) in [4.78, 5) is 0. The van der Waals surface area contributed by atoms with Gasteiger partial charge in [0.2, 0.25) is 0 Å². The zero-order valence-electron chi connectivity index (χ0n) is 13.7. The molecule has 114 valence electrons. The SMILES string of the molecule is CC[C@]1(c2ccc3c(c2)OC(C)(C)C=C3C(C)C)CC1O. The molecule has 2 atom stereocenters. The minimum absolute atomic E-state index is 0.0400. The van der Waals surface area contributed by atoms with Gasteiger partial charge in [-0.1, -0.05) is 32.9 Å². The monoisotopic (exact) mass is 286 g/mol. The van der Waals surface area contributed by atoms with Gasteiger partial charge < -0.3 is 9.84 Å². The van der Waals surface area contributed by atoms with Crippen LogP contribution in [0.5, 0.6) is 5.75 Å². The summed E-state index contributed by atoms with van der Waals surface area (Å²) in [5, 5.41) is 10.0.